The Morgan fingerprint density at radius 2 is 2.00 bits per heavy atom. The molecule has 5 nitrogen and oxygen atoms in total. The average molecular weight is 301 g/mol. The molecule has 1 aromatic rings. The van der Waals surface area contributed by atoms with Gasteiger partial charge in [0.25, 0.3) is 0 Å². The highest BCUT2D eigenvalue weighted by Crippen LogP contribution is 2.11. The van der Waals surface area contributed by atoms with E-state index in [0.29, 0.717) is 24.0 Å². The zero-order valence-corrected chi connectivity index (χ0v) is 13.5. The van der Waals surface area contributed by atoms with Crippen molar-refractivity contribution in [3.05, 3.63) is 18.0 Å². The molecule has 0 aliphatic heterocycles. The lowest BCUT2D eigenvalue weighted by atomic mass is 10.2. The van der Waals surface area contributed by atoms with E-state index < -0.39 is 10.0 Å². The minimum atomic E-state index is -3.37. The van der Waals surface area contributed by atoms with Crippen molar-refractivity contribution >= 4 is 10.0 Å². The zero-order chi connectivity index (χ0) is 15.0. The molecule has 0 bridgehead atoms. The van der Waals surface area contributed by atoms with Crippen molar-refractivity contribution in [2.45, 2.75) is 63.9 Å². The van der Waals surface area contributed by atoms with Crippen LogP contribution in [0.3, 0.4) is 0 Å². The van der Waals surface area contributed by atoms with Gasteiger partial charge in [-0.1, -0.05) is 40.0 Å². The third kappa shape index (κ3) is 6.07. The number of hydrogen-bond acceptors (Lipinski definition) is 3. The smallest absolute Gasteiger partial charge is 0.242 e. The Bertz CT molecular complexity index is 480. The van der Waals surface area contributed by atoms with Gasteiger partial charge in [-0.15, -0.1) is 0 Å². The SMILES string of the molecule is CCCCCCNS(=O)(=O)c1c[nH]c(CNC(C)C)c1. The lowest BCUT2D eigenvalue weighted by molar-refractivity contribution is 0.573. The van der Waals surface area contributed by atoms with Crippen LogP contribution in [-0.2, 0) is 16.6 Å². The Kier molecular flexibility index (Phi) is 7.26. The fraction of sp³-hybridized carbons (Fsp3) is 0.714. The minimum Gasteiger partial charge on any atom is -0.363 e. The first-order valence-corrected chi connectivity index (χ1v) is 8.84. The standard InChI is InChI=1S/C14H27N3O2S/c1-4-5-6-7-8-17-20(18,19)14-9-13(16-11-14)10-15-12(2)3/h9,11-12,15-17H,4-8,10H2,1-3H3. The van der Waals surface area contributed by atoms with Gasteiger partial charge in [0, 0.05) is 31.0 Å². The Labute approximate surface area is 122 Å². The largest absolute Gasteiger partial charge is 0.363 e. The van der Waals surface area contributed by atoms with Crippen molar-refractivity contribution in [3.8, 4) is 0 Å². The molecule has 0 spiro atoms. The van der Waals surface area contributed by atoms with Crippen molar-refractivity contribution in [1.82, 2.24) is 15.0 Å². The predicted molar refractivity (Wildman–Crippen MR) is 82.1 cm³/mol. The first kappa shape index (κ1) is 17.2. The van der Waals surface area contributed by atoms with Crippen LogP contribution in [0.15, 0.2) is 17.2 Å². The molecule has 0 saturated carbocycles. The van der Waals surface area contributed by atoms with Crippen LogP contribution in [0.25, 0.3) is 0 Å². The summed E-state index contributed by atoms with van der Waals surface area (Å²) < 4.78 is 26.8. The molecule has 0 fully saturated rings. The molecule has 1 heterocycles. The van der Waals surface area contributed by atoms with Crippen LogP contribution in [0, 0.1) is 0 Å². The number of rotatable bonds is 10. The van der Waals surface area contributed by atoms with E-state index in [1.165, 1.54) is 0 Å². The summed E-state index contributed by atoms with van der Waals surface area (Å²) in [6, 6.07) is 2.05. The van der Waals surface area contributed by atoms with E-state index in [-0.39, 0.29) is 0 Å². The quantitative estimate of drug-likeness (QED) is 0.581. The van der Waals surface area contributed by atoms with Crippen molar-refractivity contribution in [1.29, 1.82) is 0 Å². The van der Waals surface area contributed by atoms with Crippen LogP contribution in [0.1, 0.15) is 52.1 Å². The number of unbranched alkanes of at least 4 members (excludes halogenated alkanes) is 3. The second kappa shape index (κ2) is 8.44. The fourth-order valence-electron chi connectivity index (χ4n) is 1.83. The molecule has 0 radical (unpaired) electrons. The summed E-state index contributed by atoms with van der Waals surface area (Å²) in [5, 5.41) is 3.25. The van der Waals surface area contributed by atoms with E-state index in [9.17, 15) is 8.42 Å². The van der Waals surface area contributed by atoms with Gasteiger partial charge in [-0.3, -0.25) is 0 Å². The van der Waals surface area contributed by atoms with Crippen LogP contribution >= 0.6 is 0 Å². The number of aromatic nitrogens is 1. The van der Waals surface area contributed by atoms with Gasteiger partial charge in [0.15, 0.2) is 0 Å². The Hall–Kier alpha value is -0.850. The number of aromatic amines is 1. The van der Waals surface area contributed by atoms with E-state index in [0.717, 1.165) is 31.4 Å². The molecule has 1 rings (SSSR count). The van der Waals surface area contributed by atoms with E-state index in [1.54, 1.807) is 12.3 Å². The molecule has 0 aliphatic rings. The second-order valence-electron chi connectivity index (χ2n) is 5.35. The maximum atomic E-state index is 12.1. The van der Waals surface area contributed by atoms with Crippen LogP contribution in [-0.4, -0.2) is 26.0 Å². The van der Waals surface area contributed by atoms with Crippen LogP contribution in [0.2, 0.25) is 0 Å². The van der Waals surface area contributed by atoms with Gasteiger partial charge in [0.1, 0.15) is 0 Å². The molecule has 6 heteroatoms. The summed E-state index contributed by atoms with van der Waals surface area (Å²) >= 11 is 0. The van der Waals surface area contributed by atoms with Gasteiger partial charge >= 0.3 is 0 Å². The molecule has 20 heavy (non-hydrogen) atoms. The van der Waals surface area contributed by atoms with Crippen LogP contribution in [0.4, 0.5) is 0 Å². The average Bonchev–Trinajstić information content (AvgIpc) is 2.85. The second-order valence-corrected chi connectivity index (χ2v) is 7.12. The summed E-state index contributed by atoms with van der Waals surface area (Å²) in [6.07, 6.45) is 5.80. The molecule has 3 N–H and O–H groups in total. The highest BCUT2D eigenvalue weighted by molar-refractivity contribution is 7.89. The maximum Gasteiger partial charge on any atom is 0.242 e. The molecule has 0 aliphatic carbocycles. The third-order valence-corrected chi connectivity index (χ3v) is 4.49. The Balaban J connectivity index is 2.46. The zero-order valence-electron chi connectivity index (χ0n) is 12.7. The van der Waals surface area contributed by atoms with Crippen LogP contribution in [0.5, 0.6) is 0 Å². The number of sulfonamides is 1. The summed E-state index contributed by atoms with van der Waals surface area (Å²) in [5.74, 6) is 0. The van der Waals surface area contributed by atoms with Crippen molar-refractivity contribution in [2.75, 3.05) is 6.54 Å². The first-order chi connectivity index (χ1) is 9.45. The maximum absolute atomic E-state index is 12.1. The minimum absolute atomic E-state index is 0.313. The highest BCUT2D eigenvalue weighted by Gasteiger charge is 2.15. The number of nitrogens with one attached hydrogen (secondary N) is 3. The summed E-state index contributed by atoms with van der Waals surface area (Å²) in [6.45, 7) is 7.39. The molecule has 1 aromatic heterocycles. The van der Waals surface area contributed by atoms with Gasteiger partial charge in [-0.25, -0.2) is 13.1 Å². The van der Waals surface area contributed by atoms with Gasteiger partial charge in [0.05, 0.1) is 4.90 Å². The lowest BCUT2D eigenvalue weighted by Crippen LogP contribution is -2.24. The molecule has 0 amide bonds. The summed E-state index contributed by atoms with van der Waals surface area (Å²) in [7, 11) is -3.37. The predicted octanol–water partition coefficient (Wildman–Crippen LogP) is 2.37. The normalized spacial score (nSPS) is 12.2. The van der Waals surface area contributed by atoms with E-state index in [1.807, 2.05) is 0 Å². The number of hydrogen-bond donors (Lipinski definition) is 3. The van der Waals surface area contributed by atoms with Gasteiger partial charge in [-0.2, -0.15) is 0 Å². The van der Waals surface area contributed by atoms with Gasteiger partial charge in [-0.05, 0) is 12.5 Å². The molecule has 116 valence electrons. The third-order valence-electron chi connectivity index (χ3n) is 3.05. The molecule has 0 unspecified atom stereocenters. The Morgan fingerprint density at radius 1 is 1.25 bits per heavy atom. The van der Waals surface area contributed by atoms with Gasteiger partial charge < -0.3 is 10.3 Å². The van der Waals surface area contributed by atoms with Crippen molar-refractivity contribution < 1.29 is 8.42 Å². The van der Waals surface area contributed by atoms with Crippen molar-refractivity contribution in [3.63, 3.8) is 0 Å². The molecule has 0 aromatic carbocycles. The molecular formula is C14H27N3O2S. The van der Waals surface area contributed by atoms with E-state index in [4.69, 9.17) is 0 Å². The molecular weight excluding hydrogens is 274 g/mol. The first-order valence-electron chi connectivity index (χ1n) is 7.36. The van der Waals surface area contributed by atoms with Crippen molar-refractivity contribution in [2.24, 2.45) is 0 Å². The molecule has 0 saturated heterocycles. The van der Waals surface area contributed by atoms with E-state index in [2.05, 4.69) is 35.8 Å². The Morgan fingerprint density at radius 3 is 2.65 bits per heavy atom. The monoisotopic (exact) mass is 301 g/mol. The topological polar surface area (TPSA) is 74.0 Å². The van der Waals surface area contributed by atoms with E-state index >= 15 is 0 Å². The number of H-pyrrole nitrogens is 1. The molecule has 0 atom stereocenters. The summed E-state index contributed by atoms with van der Waals surface area (Å²) in [4.78, 5) is 3.31. The fourth-order valence-corrected chi connectivity index (χ4v) is 2.92. The van der Waals surface area contributed by atoms with Crippen LogP contribution < -0.4 is 10.0 Å². The highest BCUT2D eigenvalue weighted by atomic mass is 32.2. The van der Waals surface area contributed by atoms with Gasteiger partial charge in [0.2, 0.25) is 10.0 Å². The summed E-state index contributed by atoms with van der Waals surface area (Å²) in [5.41, 5.74) is 0.880. The lowest BCUT2D eigenvalue weighted by Gasteiger charge is -2.06.